The van der Waals surface area contributed by atoms with E-state index in [1.54, 1.807) is 0 Å². The summed E-state index contributed by atoms with van der Waals surface area (Å²) in [6.45, 7) is 3.21. The minimum atomic E-state index is -0.333. The van der Waals surface area contributed by atoms with E-state index in [4.69, 9.17) is 0 Å². The molecule has 0 saturated carbocycles. The standard InChI is InChI=1S/C27H28N4O2/c32-26(30-15-6-7-16-30)24-18-23(29-27(33)28-22-10-2-1-3-11-22)12-13-25(24)31-17-14-20-8-4-5-9-21(20)19-31/h1-5,8-13,18H,6-7,14-17,19H2,(H2,28,29,33). The molecular formula is C27H28N4O2. The maximum absolute atomic E-state index is 13.5. The Morgan fingerprint density at radius 2 is 1.42 bits per heavy atom. The Kier molecular flexibility index (Phi) is 5.98. The second-order valence-corrected chi connectivity index (χ2v) is 8.62. The van der Waals surface area contributed by atoms with E-state index in [0.717, 1.165) is 51.1 Å². The number of hydrogen-bond donors (Lipinski definition) is 2. The van der Waals surface area contributed by atoms with E-state index in [1.807, 2.05) is 53.4 Å². The van der Waals surface area contributed by atoms with Crippen LogP contribution in [0.3, 0.4) is 0 Å². The SMILES string of the molecule is O=C(Nc1ccccc1)Nc1ccc(N2CCc3ccccc3C2)c(C(=O)N2CCCC2)c1. The average molecular weight is 441 g/mol. The summed E-state index contributed by atoms with van der Waals surface area (Å²) >= 11 is 0. The van der Waals surface area contributed by atoms with Crippen molar-refractivity contribution in [3.63, 3.8) is 0 Å². The Balaban J connectivity index is 1.41. The van der Waals surface area contributed by atoms with Crippen molar-refractivity contribution < 1.29 is 9.59 Å². The third kappa shape index (κ3) is 4.70. The highest BCUT2D eigenvalue weighted by Gasteiger charge is 2.26. The van der Waals surface area contributed by atoms with Gasteiger partial charge in [-0.3, -0.25) is 4.79 Å². The number of benzene rings is 3. The number of carbonyl (C=O) groups is 2. The van der Waals surface area contributed by atoms with Crippen molar-refractivity contribution in [1.29, 1.82) is 0 Å². The zero-order valence-corrected chi connectivity index (χ0v) is 18.6. The smallest absolute Gasteiger partial charge is 0.323 e. The summed E-state index contributed by atoms with van der Waals surface area (Å²) in [5, 5.41) is 5.71. The fraction of sp³-hybridized carbons (Fsp3) is 0.259. The number of carbonyl (C=O) groups excluding carboxylic acids is 2. The lowest BCUT2D eigenvalue weighted by Crippen LogP contribution is -2.34. The van der Waals surface area contributed by atoms with Crippen molar-refractivity contribution in [2.75, 3.05) is 35.2 Å². The minimum absolute atomic E-state index is 0.0356. The Morgan fingerprint density at radius 1 is 0.727 bits per heavy atom. The van der Waals surface area contributed by atoms with E-state index in [2.05, 4.69) is 39.8 Å². The fourth-order valence-corrected chi connectivity index (χ4v) is 4.67. The van der Waals surface area contributed by atoms with Crippen LogP contribution in [0.2, 0.25) is 0 Å². The first-order valence-electron chi connectivity index (χ1n) is 11.6. The first-order chi connectivity index (χ1) is 16.2. The maximum Gasteiger partial charge on any atom is 0.323 e. The minimum Gasteiger partial charge on any atom is -0.366 e. The van der Waals surface area contributed by atoms with Gasteiger partial charge in [0.15, 0.2) is 0 Å². The van der Waals surface area contributed by atoms with E-state index < -0.39 is 0 Å². The predicted molar refractivity (Wildman–Crippen MR) is 132 cm³/mol. The van der Waals surface area contributed by atoms with Crippen LogP contribution < -0.4 is 15.5 Å². The van der Waals surface area contributed by atoms with Crippen LogP contribution in [0, 0.1) is 0 Å². The zero-order chi connectivity index (χ0) is 22.6. The Bertz CT molecular complexity index is 1160. The van der Waals surface area contributed by atoms with E-state index in [-0.39, 0.29) is 11.9 Å². The summed E-state index contributed by atoms with van der Waals surface area (Å²) in [6, 6.07) is 23.1. The van der Waals surface area contributed by atoms with Gasteiger partial charge < -0.3 is 20.4 Å². The lowest BCUT2D eigenvalue weighted by atomic mass is 9.98. The van der Waals surface area contributed by atoms with Crippen LogP contribution in [0.1, 0.15) is 34.3 Å². The second-order valence-electron chi connectivity index (χ2n) is 8.62. The largest absolute Gasteiger partial charge is 0.366 e. The van der Waals surface area contributed by atoms with E-state index in [1.165, 1.54) is 11.1 Å². The molecule has 2 N–H and O–H groups in total. The molecule has 33 heavy (non-hydrogen) atoms. The van der Waals surface area contributed by atoms with Crippen molar-refractivity contribution in [2.24, 2.45) is 0 Å². The third-order valence-electron chi connectivity index (χ3n) is 6.38. The lowest BCUT2D eigenvalue weighted by Gasteiger charge is -2.33. The van der Waals surface area contributed by atoms with Crippen LogP contribution in [-0.2, 0) is 13.0 Å². The molecule has 0 aromatic heterocycles. The molecule has 5 rings (SSSR count). The van der Waals surface area contributed by atoms with Gasteiger partial charge in [0.2, 0.25) is 0 Å². The maximum atomic E-state index is 13.5. The number of para-hydroxylation sites is 1. The van der Waals surface area contributed by atoms with Crippen LogP contribution in [0.25, 0.3) is 0 Å². The number of amides is 3. The van der Waals surface area contributed by atoms with Gasteiger partial charge in [0, 0.05) is 43.2 Å². The van der Waals surface area contributed by atoms with Gasteiger partial charge in [-0.1, -0.05) is 42.5 Å². The molecule has 0 unspecified atom stereocenters. The van der Waals surface area contributed by atoms with Gasteiger partial charge in [0.1, 0.15) is 0 Å². The first kappa shape index (κ1) is 21.1. The summed E-state index contributed by atoms with van der Waals surface area (Å²) in [5.74, 6) is 0.0356. The Morgan fingerprint density at radius 3 is 2.21 bits per heavy atom. The molecular weight excluding hydrogens is 412 g/mol. The lowest BCUT2D eigenvalue weighted by molar-refractivity contribution is 0.0793. The molecule has 2 aliphatic heterocycles. The highest BCUT2D eigenvalue weighted by molar-refractivity contribution is 6.04. The molecule has 2 heterocycles. The normalized spacial score (nSPS) is 15.2. The molecule has 0 atom stereocenters. The number of fused-ring (bicyclic) bond motifs is 1. The van der Waals surface area contributed by atoms with Gasteiger partial charge >= 0.3 is 6.03 Å². The Hall–Kier alpha value is -3.80. The topological polar surface area (TPSA) is 64.7 Å². The molecule has 1 fully saturated rings. The first-order valence-corrected chi connectivity index (χ1v) is 11.6. The van der Waals surface area contributed by atoms with Gasteiger partial charge in [0.25, 0.3) is 5.91 Å². The Labute approximate surface area is 194 Å². The predicted octanol–water partition coefficient (Wildman–Crippen LogP) is 5.13. The van der Waals surface area contributed by atoms with Crippen molar-refractivity contribution in [1.82, 2.24) is 4.90 Å². The average Bonchev–Trinajstić information content (AvgIpc) is 3.39. The van der Waals surface area contributed by atoms with Gasteiger partial charge in [0.05, 0.1) is 5.56 Å². The van der Waals surface area contributed by atoms with Crippen molar-refractivity contribution in [3.05, 3.63) is 89.5 Å². The second kappa shape index (κ2) is 9.36. The molecule has 0 bridgehead atoms. The molecule has 6 nitrogen and oxygen atoms in total. The summed E-state index contributed by atoms with van der Waals surface area (Å²) in [6.07, 6.45) is 3.03. The summed E-state index contributed by atoms with van der Waals surface area (Å²) in [7, 11) is 0. The van der Waals surface area contributed by atoms with Gasteiger partial charge in [-0.15, -0.1) is 0 Å². The van der Waals surface area contributed by atoms with Gasteiger partial charge in [-0.2, -0.15) is 0 Å². The number of nitrogens with zero attached hydrogens (tertiary/aromatic N) is 2. The fourth-order valence-electron chi connectivity index (χ4n) is 4.67. The molecule has 2 aliphatic rings. The number of likely N-dealkylation sites (tertiary alicyclic amines) is 1. The molecule has 1 saturated heterocycles. The molecule has 168 valence electrons. The van der Waals surface area contributed by atoms with E-state index in [0.29, 0.717) is 16.9 Å². The molecule has 3 aromatic carbocycles. The van der Waals surface area contributed by atoms with Crippen LogP contribution in [0.5, 0.6) is 0 Å². The number of hydrogen-bond acceptors (Lipinski definition) is 3. The third-order valence-corrected chi connectivity index (χ3v) is 6.38. The van der Waals surface area contributed by atoms with E-state index in [9.17, 15) is 9.59 Å². The quantitative estimate of drug-likeness (QED) is 0.591. The van der Waals surface area contributed by atoms with Crippen molar-refractivity contribution in [3.8, 4) is 0 Å². The number of urea groups is 1. The van der Waals surface area contributed by atoms with Gasteiger partial charge in [-0.05, 0) is 60.7 Å². The number of anilines is 3. The van der Waals surface area contributed by atoms with Crippen molar-refractivity contribution in [2.45, 2.75) is 25.8 Å². The molecule has 0 aliphatic carbocycles. The molecule has 3 amide bonds. The summed E-state index contributed by atoms with van der Waals surface area (Å²) in [4.78, 5) is 30.2. The number of rotatable bonds is 4. The highest BCUT2D eigenvalue weighted by atomic mass is 16.2. The summed E-state index contributed by atoms with van der Waals surface area (Å²) in [5.41, 5.74) is 5.56. The van der Waals surface area contributed by atoms with Crippen LogP contribution in [0.15, 0.2) is 72.8 Å². The molecule has 0 spiro atoms. The van der Waals surface area contributed by atoms with Crippen LogP contribution in [0.4, 0.5) is 21.9 Å². The van der Waals surface area contributed by atoms with Crippen LogP contribution >= 0.6 is 0 Å². The molecule has 3 aromatic rings. The van der Waals surface area contributed by atoms with Gasteiger partial charge in [-0.25, -0.2) is 4.79 Å². The zero-order valence-electron chi connectivity index (χ0n) is 18.6. The van der Waals surface area contributed by atoms with Crippen molar-refractivity contribution >= 4 is 29.0 Å². The monoisotopic (exact) mass is 440 g/mol. The number of nitrogens with one attached hydrogen (secondary N) is 2. The highest BCUT2D eigenvalue weighted by Crippen LogP contribution is 2.31. The molecule has 6 heteroatoms. The van der Waals surface area contributed by atoms with E-state index >= 15 is 0 Å². The molecule has 0 radical (unpaired) electrons. The summed E-state index contributed by atoms with van der Waals surface area (Å²) < 4.78 is 0. The van der Waals surface area contributed by atoms with Crippen LogP contribution in [-0.4, -0.2) is 36.5 Å².